The molecule has 4 rings (SSSR count). The normalized spacial score (nSPS) is 16.8. The van der Waals surface area contributed by atoms with Gasteiger partial charge in [0.1, 0.15) is 5.56 Å². The zero-order valence-corrected chi connectivity index (χ0v) is 15.2. The van der Waals surface area contributed by atoms with Crippen molar-refractivity contribution in [2.24, 2.45) is 7.05 Å². The summed E-state index contributed by atoms with van der Waals surface area (Å²) in [5.74, 6) is -0.858. The molecular weight excluding hydrogens is 355 g/mol. The summed E-state index contributed by atoms with van der Waals surface area (Å²) in [6.45, 7) is 0.374. The van der Waals surface area contributed by atoms with E-state index in [0.717, 1.165) is 35.9 Å². The van der Waals surface area contributed by atoms with Crippen LogP contribution in [0.2, 0.25) is 0 Å². The fraction of sp³-hybridized carbons (Fsp3) is 0.500. The first kappa shape index (κ1) is 18.1. The molecule has 2 aliphatic rings. The number of hydrogen-bond donors (Lipinski definition) is 0. The lowest BCUT2D eigenvalue weighted by Crippen LogP contribution is -2.34. The van der Waals surface area contributed by atoms with Crippen molar-refractivity contribution in [1.82, 2.24) is 14.7 Å². The highest BCUT2D eigenvalue weighted by Gasteiger charge is 2.38. The van der Waals surface area contributed by atoms with Crippen LogP contribution in [0.1, 0.15) is 58.8 Å². The van der Waals surface area contributed by atoms with Gasteiger partial charge in [0.15, 0.2) is 0 Å². The zero-order valence-electron chi connectivity index (χ0n) is 15.2. The monoisotopic (exact) mass is 377 g/mol. The van der Waals surface area contributed by atoms with Crippen LogP contribution in [-0.2, 0) is 20.0 Å². The number of alkyl halides is 2. The molecule has 0 spiro atoms. The van der Waals surface area contributed by atoms with Gasteiger partial charge in [-0.1, -0.05) is 24.3 Å². The van der Waals surface area contributed by atoms with Gasteiger partial charge in [-0.05, 0) is 42.7 Å². The topological polar surface area (TPSA) is 38.1 Å². The largest absolute Gasteiger partial charge is 0.331 e. The highest BCUT2D eigenvalue weighted by molar-refractivity contribution is 5.95. The second-order valence-electron chi connectivity index (χ2n) is 7.47. The Morgan fingerprint density at radius 1 is 1.26 bits per heavy atom. The van der Waals surface area contributed by atoms with Crippen molar-refractivity contribution in [3.8, 4) is 0 Å². The highest BCUT2D eigenvalue weighted by atomic mass is 19.3. The van der Waals surface area contributed by atoms with Crippen LogP contribution in [0.25, 0.3) is 0 Å². The summed E-state index contributed by atoms with van der Waals surface area (Å²) in [7, 11) is 1.32. The van der Waals surface area contributed by atoms with E-state index in [-0.39, 0.29) is 17.3 Å². The SMILES string of the molecule is Cn1nc(CC(F)F)c(C(=O)N(Cc2ccccc2C2CC2)C2CC2)c1F. The van der Waals surface area contributed by atoms with Crippen LogP contribution < -0.4 is 0 Å². The molecule has 144 valence electrons. The van der Waals surface area contributed by atoms with E-state index in [0.29, 0.717) is 12.5 Å². The van der Waals surface area contributed by atoms with Crippen molar-refractivity contribution < 1.29 is 18.0 Å². The van der Waals surface area contributed by atoms with E-state index >= 15 is 0 Å². The van der Waals surface area contributed by atoms with Gasteiger partial charge in [0.2, 0.25) is 12.4 Å². The van der Waals surface area contributed by atoms with Crippen LogP contribution in [0.4, 0.5) is 13.2 Å². The number of aromatic nitrogens is 2. The Kier molecular flexibility index (Phi) is 4.70. The Morgan fingerprint density at radius 2 is 1.96 bits per heavy atom. The lowest BCUT2D eigenvalue weighted by atomic mass is 10.0. The average molecular weight is 377 g/mol. The molecule has 0 bridgehead atoms. The average Bonchev–Trinajstić information content (AvgIpc) is 3.53. The van der Waals surface area contributed by atoms with E-state index < -0.39 is 24.7 Å². The van der Waals surface area contributed by atoms with Gasteiger partial charge in [-0.25, -0.2) is 13.5 Å². The van der Waals surface area contributed by atoms with Crippen LogP contribution in [0, 0.1) is 5.95 Å². The Morgan fingerprint density at radius 3 is 2.59 bits per heavy atom. The summed E-state index contributed by atoms with van der Waals surface area (Å²) < 4.78 is 41.2. The summed E-state index contributed by atoms with van der Waals surface area (Å²) in [6.07, 6.45) is 0.577. The van der Waals surface area contributed by atoms with Crippen LogP contribution in [0.3, 0.4) is 0 Å². The molecular formula is C20H22F3N3O. The first-order valence-corrected chi connectivity index (χ1v) is 9.34. The Hall–Kier alpha value is -2.31. The summed E-state index contributed by atoms with van der Waals surface area (Å²) in [5.41, 5.74) is 1.81. The fourth-order valence-corrected chi connectivity index (χ4v) is 3.61. The Bertz CT molecular complexity index is 856. The van der Waals surface area contributed by atoms with Crippen molar-refractivity contribution in [3.05, 3.63) is 52.6 Å². The Labute approximate surface area is 156 Å². The summed E-state index contributed by atoms with van der Waals surface area (Å²) in [5, 5.41) is 3.81. The standard InChI is InChI=1S/C20H22F3N3O/c1-25-19(23)18(16(24-25)10-17(21)22)20(27)26(14-8-9-14)11-13-4-2-3-5-15(13)12-6-7-12/h2-5,12,14,17H,6-11H2,1H3. The van der Waals surface area contributed by atoms with E-state index in [2.05, 4.69) is 11.2 Å². The molecule has 0 aliphatic heterocycles. The fourth-order valence-electron chi connectivity index (χ4n) is 3.61. The molecule has 0 N–H and O–H groups in total. The highest BCUT2D eigenvalue weighted by Crippen LogP contribution is 2.42. The summed E-state index contributed by atoms with van der Waals surface area (Å²) >= 11 is 0. The van der Waals surface area contributed by atoms with Crippen molar-refractivity contribution in [3.63, 3.8) is 0 Å². The van der Waals surface area contributed by atoms with Crippen molar-refractivity contribution >= 4 is 5.91 Å². The maximum Gasteiger partial charge on any atom is 0.260 e. The third-order valence-corrected chi connectivity index (χ3v) is 5.27. The van der Waals surface area contributed by atoms with Crippen molar-refractivity contribution in [2.75, 3.05) is 0 Å². The van der Waals surface area contributed by atoms with E-state index in [1.165, 1.54) is 12.6 Å². The van der Waals surface area contributed by atoms with Crippen LogP contribution in [0.15, 0.2) is 24.3 Å². The molecule has 27 heavy (non-hydrogen) atoms. The second-order valence-corrected chi connectivity index (χ2v) is 7.47. The molecule has 0 radical (unpaired) electrons. The van der Waals surface area contributed by atoms with E-state index in [4.69, 9.17) is 0 Å². The molecule has 2 aromatic rings. The van der Waals surface area contributed by atoms with Gasteiger partial charge in [-0.3, -0.25) is 4.79 Å². The second kappa shape index (κ2) is 7.02. The number of nitrogens with zero attached hydrogens (tertiary/aromatic N) is 3. The first-order chi connectivity index (χ1) is 13.0. The van der Waals surface area contributed by atoms with Crippen LogP contribution >= 0.6 is 0 Å². The molecule has 0 unspecified atom stereocenters. The molecule has 7 heteroatoms. The lowest BCUT2D eigenvalue weighted by molar-refractivity contribution is 0.0721. The van der Waals surface area contributed by atoms with E-state index in [1.807, 2.05) is 18.2 Å². The van der Waals surface area contributed by atoms with Gasteiger partial charge in [0.05, 0.1) is 12.1 Å². The van der Waals surface area contributed by atoms with Gasteiger partial charge < -0.3 is 4.90 Å². The van der Waals surface area contributed by atoms with Crippen molar-refractivity contribution in [1.29, 1.82) is 0 Å². The Balaban J connectivity index is 1.65. The van der Waals surface area contributed by atoms with E-state index in [9.17, 15) is 18.0 Å². The third kappa shape index (κ3) is 3.73. The molecule has 2 saturated carbocycles. The number of benzene rings is 1. The number of carbonyl (C=O) groups is 1. The minimum Gasteiger partial charge on any atom is -0.331 e. The van der Waals surface area contributed by atoms with E-state index in [1.54, 1.807) is 4.90 Å². The van der Waals surface area contributed by atoms with Gasteiger partial charge in [-0.2, -0.15) is 9.49 Å². The third-order valence-electron chi connectivity index (χ3n) is 5.27. The van der Waals surface area contributed by atoms with Gasteiger partial charge in [-0.15, -0.1) is 0 Å². The predicted octanol–water partition coefficient (Wildman–Crippen LogP) is 4.05. The van der Waals surface area contributed by atoms with Gasteiger partial charge in [0.25, 0.3) is 5.91 Å². The summed E-state index contributed by atoms with van der Waals surface area (Å²) in [6, 6.07) is 8.03. The minimum absolute atomic E-state index is 0.0313. The molecule has 1 heterocycles. The lowest BCUT2D eigenvalue weighted by Gasteiger charge is -2.24. The van der Waals surface area contributed by atoms with Gasteiger partial charge in [0, 0.05) is 19.6 Å². The van der Waals surface area contributed by atoms with Crippen LogP contribution in [-0.4, -0.2) is 33.1 Å². The number of amides is 1. The molecule has 1 aromatic carbocycles. The van der Waals surface area contributed by atoms with Crippen LogP contribution in [0.5, 0.6) is 0 Å². The molecule has 2 fully saturated rings. The minimum atomic E-state index is -2.68. The molecule has 0 saturated heterocycles. The van der Waals surface area contributed by atoms with Gasteiger partial charge >= 0.3 is 0 Å². The van der Waals surface area contributed by atoms with Crippen molar-refractivity contribution in [2.45, 2.75) is 57.0 Å². The molecule has 2 aliphatic carbocycles. The molecule has 0 atom stereocenters. The number of carbonyl (C=O) groups excluding carboxylic acids is 1. The first-order valence-electron chi connectivity index (χ1n) is 9.34. The number of rotatable bonds is 7. The smallest absolute Gasteiger partial charge is 0.260 e. The predicted molar refractivity (Wildman–Crippen MR) is 94.2 cm³/mol. The summed E-state index contributed by atoms with van der Waals surface area (Å²) in [4.78, 5) is 14.8. The quantitative estimate of drug-likeness (QED) is 0.730. The number of aryl methyl sites for hydroxylation is 1. The molecule has 1 amide bonds. The number of hydrogen-bond acceptors (Lipinski definition) is 2. The number of halogens is 3. The zero-order chi connectivity index (χ0) is 19.1. The maximum absolute atomic E-state index is 14.5. The maximum atomic E-state index is 14.5. The molecule has 4 nitrogen and oxygen atoms in total. The molecule has 1 aromatic heterocycles.